The van der Waals surface area contributed by atoms with E-state index in [-0.39, 0.29) is 12.3 Å². The second kappa shape index (κ2) is 6.46. The highest BCUT2D eigenvalue weighted by Gasteiger charge is 2.34. The van der Waals surface area contributed by atoms with Gasteiger partial charge < -0.3 is 10.1 Å². The third kappa shape index (κ3) is 4.21. The maximum atomic E-state index is 13.1. The SMILES string of the molecule is O=C(COc1ccccc1)Nc1ccc(F)c(C(F)(F)F)c1. The number of carbonyl (C=O) groups excluding carboxylic acids is 1. The minimum atomic E-state index is -4.83. The fourth-order valence-electron chi connectivity index (χ4n) is 1.68. The van der Waals surface area contributed by atoms with E-state index >= 15 is 0 Å². The number of benzene rings is 2. The Morgan fingerprint density at radius 3 is 2.41 bits per heavy atom. The number of amides is 1. The Morgan fingerprint density at radius 1 is 1.09 bits per heavy atom. The van der Waals surface area contributed by atoms with Crippen LogP contribution in [0.25, 0.3) is 0 Å². The Bertz CT molecular complexity index is 656. The average molecular weight is 313 g/mol. The first-order chi connectivity index (χ1) is 10.4. The monoisotopic (exact) mass is 313 g/mol. The smallest absolute Gasteiger partial charge is 0.419 e. The summed E-state index contributed by atoms with van der Waals surface area (Å²) in [5.41, 5.74) is -1.59. The topological polar surface area (TPSA) is 38.3 Å². The molecule has 1 amide bonds. The molecule has 0 fully saturated rings. The van der Waals surface area contributed by atoms with E-state index in [4.69, 9.17) is 4.74 Å². The van der Waals surface area contributed by atoms with Crippen molar-refractivity contribution in [3.8, 4) is 5.75 Å². The summed E-state index contributed by atoms with van der Waals surface area (Å²) in [6, 6.07) is 10.7. The van der Waals surface area contributed by atoms with Gasteiger partial charge in [-0.05, 0) is 30.3 Å². The van der Waals surface area contributed by atoms with Gasteiger partial charge in [0.1, 0.15) is 11.6 Å². The summed E-state index contributed by atoms with van der Waals surface area (Å²) in [6.45, 7) is -0.372. The van der Waals surface area contributed by atoms with Crippen LogP contribution in [0, 0.1) is 5.82 Å². The first-order valence-electron chi connectivity index (χ1n) is 6.21. The van der Waals surface area contributed by atoms with Gasteiger partial charge in [0.2, 0.25) is 0 Å². The number of rotatable bonds is 4. The molecule has 2 aromatic rings. The van der Waals surface area contributed by atoms with Crippen molar-refractivity contribution in [3.05, 3.63) is 59.9 Å². The van der Waals surface area contributed by atoms with Crippen molar-refractivity contribution < 1.29 is 27.1 Å². The largest absolute Gasteiger partial charge is 0.484 e. The summed E-state index contributed by atoms with van der Waals surface area (Å²) >= 11 is 0. The van der Waals surface area contributed by atoms with Crippen LogP contribution < -0.4 is 10.1 Å². The molecule has 0 unspecified atom stereocenters. The predicted octanol–water partition coefficient (Wildman–Crippen LogP) is 3.86. The summed E-state index contributed by atoms with van der Waals surface area (Å²) in [4.78, 5) is 11.6. The lowest BCUT2D eigenvalue weighted by molar-refractivity contribution is -0.140. The Labute approximate surface area is 123 Å². The molecule has 3 nitrogen and oxygen atoms in total. The number of para-hydroxylation sites is 1. The van der Waals surface area contributed by atoms with Crippen LogP contribution in [0.5, 0.6) is 5.75 Å². The van der Waals surface area contributed by atoms with Crippen molar-refractivity contribution >= 4 is 11.6 Å². The lowest BCUT2D eigenvalue weighted by Gasteiger charge is -2.11. The van der Waals surface area contributed by atoms with E-state index in [2.05, 4.69) is 5.32 Å². The third-order valence-electron chi connectivity index (χ3n) is 2.67. The molecular formula is C15H11F4NO2. The average Bonchev–Trinajstić information content (AvgIpc) is 2.47. The maximum absolute atomic E-state index is 13.1. The van der Waals surface area contributed by atoms with Gasteiger partial charge in [-0.2, -0.15) is 13.2 Å². The van der Waals surface area contributed by atoms with E-state index in [0.29, 0.717) is 17.9 Å². The molecule has 0 aromatic heterocycles. The second-order valence-corrected chi connectivity index (χ2v) is 4.34. The second-order valence-electron chi connectivity index (χ2n) is 4.34. The van der Waals surface area contributed by atoms with Crippen LogP contribution in [0.2, 0.25) is 0 Å². The Hall–Kier alpha value is -2.57. The van der Waals surface area contributed by atoms with Crippen LogP contribution in [0.3, 0.4) is 0 Å². The van der Waals surface area contributed by atoms with Gasteiger partial charge in [-0.15, -0.1) is 0 Å². The molecular weight excluding hydrogens is 302 g/mol. The van der Waals surface area contributed by atoms with Gasteiger partial charge in [-0.3, -0.25) is 4.79 Å². The van der Waals surface area contributed by atoms with Gasteiger partial charge in [0, 0.05) is 5.69 Å². The molecule has 0 saturated carbocycles. The molecule has 0 atom stereocenters. The lowest BCUT2D eigenvalue weighted by atomic mass is 10.2. The molecule has 2 rings (SSSR count). The predicted molar refractivity (Wildman–Crippen MR) is 72.0 cm³/mol. The molecule has 1 N–H and O–H groups in total. The van der Waals surface area contributed by atoms with Crippen molar-refractivity contribution in [2.24, 2.45) is 0 Å². The fraction of sp³-hybridized carbons (Fsp3) is 0.133. The first-order valence-corrected chi connectivity index (χ1v) is 6.21. The molecule has 0 radical (unpaired) electrons. The minimum Gasteiger partial charge on any atom is -0.484 e. The zero-order valence-corrected chi connectivity index (χ0v) is 11.2. The summed E-state index contributed by atoms with van der Waals surface area (Å²) in [7, 11) is 0. The Balaban J connectivity index is 2.00. The highest BCUT2D eigenvalue weighted by Crippen LogP contribution is 2.32. The van der Waals surface area contributed by atoms with E-state index < -0.39 is 23.5 Å². The molecule has 116 valence electrons. The fourth-order valence-corrected chi connectivity index (χ4v) is 1.68. The quantitative estimate of drug-likeness (QED) is 0.870. The van der Waals surface area contributed by atoms with Gasteiger partial charge in [0.25, 0.3) is 5.91 Å². The van der Waals surface area contributed by atoms with Gasteiger partial charge in [-0.25, -0.2) is 4.39 Å². The maximum Gasteiger partial charge on any atom is 0.419 e. The molecule has 2 aromatic carbocycles. The van der Waals surface area contributed by atoms with Crippen LogP contribution >= 0.6 is 0 Å². The molecule has 7 heteroatoms. The zero-order chi connectivity index (χ0) is 16.2. The van der Waals surface area contributed by atoms with E-state index in [1.54, 1.807) is 30.3 Å². The Morgan fingerprint density at radius 2 is 1.77 bits per heavy atom. The molecule has 0 saturated heterocycles. The standard InChI is InChI=1S/C15H11F4NO2/c16-13-7-6-10(8-12(13)15(17,18)19)20-14(21)9-22-11-4-2-1-3-5-11/h1-8H,9H2,(H,20,21). The molecule has 0 aliphatic heterocycles. The van der Waals surface area contributed by atoms with Crippen molar-refractivity contribution in [2.75, 3.05) is 11.9 Å². The number of hydrogen-bond donors (Lipinski definition) is 1. The van der Waals surface area contributed by atoms with E-state index in [0.717, 1.165) is 6.07 Å². The van der Waals surface area contributed by atoms with E-state index in [9.17, 15) is 22.4 Å². The van der Waals surface area contributed by atoms with Crippen LogP contribution in [0.4, 0.5) is 23.2 Å². The van der Waals surface area contributed by atoms with Crippen LogP contribution in [-0.4, -0.2) is 12.5 Å². The molecule has 0 aliphatic rings. The summed E-state index contributed by atoms with van der Waals surface area (Å²) in [5, 5.41) is 2.22. The van der Waals surface area contributed by atoms with Crippen LogP contribution in [-0.2, 0) is 11.0 Å². The first kappa shape index (κ1) is 15.8. The zero-order valence-electron chi connectivity index (χ0n) is 11.2. The number of alkyl halides is 3. The van der Waals surface area contributed by atoms with Gasteiger partial charge in [0.15, 0.2) is 6.61 Å². The highest BCUT2D eigenvalue weighted by molar-refractivity contribution is 5.91. The number of anilines is 1. The number of ether oxygens (including phenoxy) is 1. The summed E-state index contributed by atoms with van der Waals surface area (Å²) in [6.07, 6.45) is -4.83. The van der Waals surface area contributed by atoms with Crippen LogP contribution in [0.15, 0.2) is 48.5 Å². The van der Waals surface area contributed by atoms with Crippen molar-refractivity contribution in [1.82, 2.24) is 0 Å². The lowest BCUT2D eigenvalue weighted by Crippen LogP contribution is -2.20. The van der Waals surface area contributed by atoms with Gasteiger partial charge in [0.05, 0.1) is 5.56 Å². The number of halogens is 4. The van der Waals surface area contributed by atoms with Gasteiger partial charge in [-0.1, -0.05) is 18.2 Å². The molecule has 0 spiro atoms. The van der Waals surface area contributed by atoms with E-state index in [1.165, 1.54) is 0 Å². The summed E-state index contributed by atoms with van der Waals surface area (Å²) < 4.78 is 55.9. The molecule has 0 bridgehead atoms. The number of carbonyl (C=O) groups is 1. The third-order valence-corrected chi connectivity index (χ3v) is 2.67. The summed E-state index contributed by atoms with van der Waals surface area (Å²) in [5.74, 6) is -1.60. The van der Waals surface area contributed by atoms with Crippen molar-refractivity contribution in [1.29, 1.82) is 0 Å². The van der Waals surface area contributed by atoms with Gasteiger partial charge >= 0.3 is 6.18 Å². The number of nitrogens with one attached hydrogen (secondary N) is 1. The molecule has 0 heterocycles. The van der Waals surface area contributed by atoms with E-state index in [1.807, 2.05) is 0 Å². The highest BCUT2D eigenvalue weighted by atomic mass is 19.4. The van der Waals surface area contributed by atoms with Crippen molar-refractivity contribution in [3.63, 3.8) is 0 Å². The molecule has 0 aliphatic carbocycles. The van der Waals surface area contributed by atoms with Crippen molar-refractivity contribution in [2.45, 2.75) is 6.18 Å². The number of hydrogen-bond acceptors (Lipinski definition) is 2. The Kier molecular flexibility index (Phi) is 4.65. The van der Waals surface area contributed by atoms with Crippen LogP contribution in [0.1, 0.15) is 5.56 Å². The minimum absolute atomic E-state index is 0.157. The molecule has 22 heavy (non-hydrogen) atoms. The normalized spacial score (nSPS) is 11.1.